The van der Waals surface area contributed by atoms with E-state index in [1.165, 1.54) is 49.8 Å². The molecule has 1 N–H and O–H groups in total. The highest BCUT2D eigenvalue weighted by atomic mass is 15.2. The van der Waals surface area contributed by atoms with Crippen molar-refractivity contribution >= 4 is 0 Å². The Morgan fingerprint density at radius 2 is 2.05 bits per heavy atom. The third-order valence-electron chi connectivity index (χ3n) is 4.33. The van der Waals surface area contributed by atoms with Crippen molar-refractivity contribution in [3.05, 3.63) is 35.4 Å². The van der Waals surface area contributed by atoms with Crippen LogP contribution in [-0.4, -0.2) is 24.0 Å². The Kier molecular flexibility index (Phi) is 6.55. The van der Waals surface area contributed by atoms with E-state index in [-0.39, 0.29) is 0 Å². The van der Waals surface area contributed by atoms with Crippen molar-refractivity contribution in [1.29, 1.82) is 0 Å². The number of hydrogen-bond donors (Lipinski definition) is 1. The number of rotatable bonds is 7. The second-order valence-corrected chi connectivity index (χ2v) is 6.01. The van der Waals surface area contributed by atoms with Crippen LogP contribution in [-0.2, 0) is 13.1 Å². The van der Waals surface area contributed by atoms with Crippen LogP contribution in [0.25, 0.3) is 0 Å². The van der Waals surface area contributed by atoms with Gasteiger partial charge in [0.2, 0.25) is 0 Å². The summed E-state index contributed by atoms with van der Waals surface area (Å²) in [6, 6.07) is 9.91. The fourth-order valence-electron chi connectivity index (χ4n) is 3.27. The van der Waals surface area contributed by atoms with Gasteiger partial charge in [-0.3, -0.25) is 4.90 Å². The van der Waals surface area contributed by atoms with Gasteiger partial charge in [0.15, 0.2) is 0 Å². The van der Waals surface area contributed by atoms with E-state index >= 15 is 0 Å². The highest BCUT2D eigenvalue weighted by molar-refractivity contribution is 5.23. The van der Waals surface area contributed by atoms with Gasteiger partial charge in [0.25, 0.3) is 0 Å². The van der Waals surface area contributed by atoms with Gasteiger partial charge in [0.1, 0.15) is 0 Å². The van der Waals surface area contributed by atoms with Crippen molar-refractivity contribution in [2.45, 2.75) is 65.1 Å². The molecule has 112 valence electrons. The fourth-order valence-corrected chi connectivity index (χ4v) is 3.27. The molecule has 1 unspecified atom stereocenters. The number of piperidine rings is 1. The first-order valence-electron chi connectivity index (χ1n) is 8.36. The predicted octanol–water partition coefficient (Wildman–Crippen LogP) is 3.95. The summed E-state index contributed by atoms with van der Waals surface area (Å²) in [6.45, 7) is 8.90. The molecule has 1 fully saturated rings. The summed E-state index contributed by atoms with van der Waals surface area (Å²) in [5, 5.41) is 3.41. The molecule has 0 saturated carbocycles. The summed E-state index contributed by atoms with van der Waals surface area (Å²) in [5.41, 5.74) is 2.89. The van der Waals surface area contributed by atoms with E-state index in [4.69, 9.17) is 0 Å². The number of benzene rings is 1. The maximum atomic E-state index is 3.41. The van der Waals surface area contributed by atoms with Crippen LogP contribution in [0, 0.1) is 0 Å². The second-order valence-electron chi connectivity index (χ2n) is 6.01. The van der Waals surface area contributed by atoms with E-state index in [1.807, 2.05) is 0 Å². The SMILES string of the molecule is CCCC1CCCCN1Cc1cccc(CNCC)c1. The molecule has 1 atom stereocenters. The van der Waals surface area contributed by atoms with Gasteiger partial charge in [-0.25, -0.2) is 0 Å². The zero-order valence-corrected chi connectivity index (χ0v) is 13.2. The van der Waals surface area contributed by atoms with Gasteiger partial charge in [0, 0.05) is 19.1 Å². The first-order chi connectivity index (χ1) is 9.83. The molecule has 0 spiro atoms. The maximum absolute atomic E-state index is 3.41. The van der Waals surface area contributed by atoms with Crippen LogP contribution in [0.4, 0.5) is 0 Å². The molecule has 1 aliphatic rings. The van der Waals surface area contributed by atoms with Gasteiger partial charge in [-0.15, -0.1) is 0 Å². The molecule has 2 nitrogen and oxygen atoms in total. The average molecular weight is 274 g/mol. The molecule has 20 heavy (non-hydrogen) atoms. The van der Waals surface area contributed by atoms with Crippen LogP contribution < -0.4 is 5.32 Å². The number of nitrogens with zero attached hydrogens (tertiary/aromatic N) is 1. The van der Waals surface area contributed by atoms with E-state index < -0.39 is 0 Å². The van der Waals surface area contributed by atoms with Gasteiger partial charge in [-0.2, -0.15) is 0 Å². The van der Waals surface area contributed by atoms with Crippen LogP contribution in [0.1, 0.15) is 57.1 Å². The Hall–Kier alpha value is -0.860. The molecule has 0 bridgehead atoms. The lowest BCUT2D eigenvalue weighted by atomic mass is 9.97. The van der Waals surface area contributed by atoms with Gasteiger partial charge >= 0.3 is 0 Å². The monoisotopic (exact) mass is 274 g/mol. The summed E-state index contributed by atoms with van der Waals surface area (Å²) < 4.78 is 0. The largest absolute Gasteiger partial charge is 0.313 e. The minimum Gasteiger partial charge on any atom is -0.313 e. The molecule has 1 aliphatic heterocycles. The zero-order valence-electron chi connectivity index (χ0n) is 13.2. The Morgan fingerprint density at radius 1 is 1.20 bits per heavy atom. The molecule has 1 aromatic rings. The van der Waals surface area contributed by atoms with Crippen molar-refractivity contribution in [2.75, 3.05) is 13.1 Å². The molecule has 1 aromatic carbocycles. The molecule has 0 amide bonds. The van der Waals surface area contributed by atoms with Crippen molar-refractivity contribution < 1.29 is 0 Å². The first kappa shape index (κ1) is 15.5. The van der Waals surface area contributed by atoms with Crippen LogP contribution in [0.3, 0.4) is 0 Å². The lowest BCUT2D eigenvalue weighted by Crippen LogP contribution is -2.38. The summed E-state index contributed by atoms with van der Waals surface area (Å²) in [5.74, 6) is 0. The van der Waals surface area contributed by atoms with E-state index in [2.05, 4.69) is 48.3 Å². The third-order valence-corrected chi connectivity index (χ3v) is 4.33. The summed E-state index contributed by atoms with van der Waals surface area (Å²) in [6.07, 6.45) is 6.85. The highest BCUT2D eigenvalue weighted by Crippen LogP contribution is 2.23. The number of hydrogen-bond acceptors (Lipinski definition) is 2. The van der Waals surface area contributed by atoms with E-state index in [0.717, 1.165) is 25.7 Å². The number of likely N-dealkylation sites (tertiary alicyclic amines) is 1. The Balaban J connectivity index is 1.96. The third kappa shape index (κ3) is 4.60. The minimum absolute atomic E-state index is 0.811. The quantitative estimate of drug-likeness (QED) is 0.810. The maximum Gasteiger partial charge on any atom is 0.0236 e. The van der Waals surface area contributed by atoms with Crippen molar-refractivity contribution in [3.8, 4) is 0 Å². The normalized spacial score (nSPS) is 20.2. The molecule has 2 heteroatoms. The molecule has 0 radical (unpaired) electrons. The van der Waals surface area contributed by atoms with Gasteiger partial charge < -0.3 is 5.32 Å². The standard InChI is InChI=1S/C18H30N2/c1-3-8-18-11-5-6-12-20(18)15-17-10-7-9-16(13-17)14-19-4-2/h7,9-10,13,18-19H,3-6,8,11-12,14-15H2,1-2H3. The van der Waals surface area contributed by atoms with Gasteiger partial charge in [-0.05, 0) is 43.5 Å². The smallest absolute Gasteiger partial charge is 0.0236 e. The molecule has 1 saturated heterocycles. The number of nitrogens with one attached hydrogen (secondary N) is 1. The van der Waals surface area contributed by atoms with Crippen LogP contribution in [0.2, 0.25) is 0 Å². The van der Waals surface area contributed by atoms with Crippen LogP contribution in [0.15, 0.2) is 24.3 Å². The molecule has 1 heterocycles. The zero-order chi connectivity index (χ0) is 14.2. The first-order valence-corrected chi connectivity index (χ1v) is 8.36. The average Bonchev–Trinajstić information content (AvgIpc) is 2.48. The van der Waals surface area contributed by atoms with E-state index in [9.17, 15) is 0 Å². The Labute approximate surface area is 124 Å². The molecular weight excluding hydrogens is 244 g/mol. The molecule has 2 rings (SSSR count). The molecular formula is C18H30N2. The second kappa shape index (κ2) is 8.43. The molecule has 0 aromatic heterocycles. The minimum atomic E-state index is 0.811. The highest BCUT2D eigenvalue weighted by Gasteiger charge is 2.21. The van der Waals surface area contributed by atoms with Gasteiger partial charge in [-0.1, -0.05) is 51.0 Å². The van der Waals surface area contributed by atoms with Crippen molar-refractivity contribution in [1.82, 2.24) is 10.2 Å². The van der Waals surface area contributed by atoms with Crippen LogP contribution >= 0.6 is 0 Å². The van der Waals surface area contributed by atoms with E-state index in [1.54, 1.807) is 0 Å². The van der Waals surface area contributed by atoms with E-state index in [0.29, 0.717) is 0 Å². The fraction of sp³-hybridized carbons (Fsp3) is 0.667. The lowest BCUT2D eigenvalue weighted by Gasteiger charge is -2.35. The lowest BCUT2D eigenvalue weighted by molar-refractivity contribution is 0.131. The molecule has 0 aliphatic carbocycles. The Morgan fingerprint density at radius 3 is 2.85 bits per heavy atom. The summed E-state index contributed by atoms with van der Waals surface area (Å²) in [7, 11) is 0. The summed E-state index contributed by atoms with van der Waals surface area (Å²) in [4.78, 5) is 2.71. The summed E-state index contributed by atoms with van der Waals surface area (Å²) >= 11 is 0. The topological polar surface area (TPSA) is 15.3 Å². The van der Waals surface area contributed by atoms with Crippen molar-refractivity contribution in [3.63, 3.8) is 0 Å². The predicted molar refractivity (Wildman–Crippen MR) is 86.8 cm³/mol. The Bertz CT molecular complexity index is 387. The van der Waals surface area contributed by atoms with Crippen molar-refractivity contribution in [2.24, 2.45) is 0 Å². The van der Waals surface area contributed by atoms with Crippen LogP contribution in [0.5, 0.6) is 0 Å². The van der Waals surface area contributed by atoms with Gasteiger partial charge in [0.05, 0.1) is 0 Å².